The van der Waals surface area contributed by atoms with Crippen LogP contribution in [-0.4, -0.2) is 4.98 Å². The summed E-state index contributed by atoms with van der Waals surface area (Å²) in [6, 6.07) is 5.99. The molecule has 2 N–H and O–H groups in total. The number of hydrogen-bond acceptors (Lipinski definition) is 2. The van der Waals surface area contributed by atoms with Crippen LogP contribution in [0.15, 0.2) is 42.6 Å². The molecular weight excluding hydrogens is 260 g/mol. The Morgan fingerprint density at radius 3 is 2.21 bits per heavy atom. The fourth-order valence-electron chi connectivity index (χ4n) is 1.66. The van der Waals surface area contributed by atoms with Crippen molar-refractivity contribution in [2.75, 3.05) is 0 Å². The molecule has 0 spiro atoms. The Morgan fingerprint density at radius 1 is 1.05 bits per heavy atom. The molecule has 0 radical (unpaired) electrons. The minimum absolute atomic E-state index is 0.00209. The van der Waals surface area contributed by atoms with Crippen LogP contribution < -0.4 is 5.73 Å². The molecule has 100 valence electrons. The second kappa shape index (κ2) is 4.97. The minimum atomic E-state index is -4.40. The van der Waals surface area contributed by atoms with Crippen molar-refractivity contribution < 1.29 is 17.6 Å². The lowest BCUT2D eigenvalue weighted by atomic mass is 10.0. The lowest BCUT2D eigenvalue weighted by Crippen LogP contribution is -2.15. The molecule has 2 nitrogen and oxygen atoms in total. The van der Waals surface area contributed by atoms with Gasteiger partial charge >= 0.3 is 6.18 Å². The van der Waals surface area contributed by atoms with Gasteiger partial charge in [-0.3, -0.25) is 4.98 Å². The molecule has 1 aromatic heterocycles. The second-order valence-corrected chi connectivity index (χ2v) is 3.97. The van der Waals surface area contributed by atoms with Crippen LogP contribution in [0.1, 0.15) is 22.9 Å². The quantitative estimate of drug-likeness (QED) is 0.850. The van der Waals surface area contributed by atoms with Gasteiger partial charge in [-0.05, 0) is 29.8 Å². The maximum Gasteiger partial charge on any atom is 0.416 e. The van der Waals surface area contributed by atoms with E-state index >= 15 is 0 Å². The van der Waals surface area contributed by atoms with Gasteiger partial charge in [0.1, 0.15) is 5.82 Å². The largest absolute Gasteiger partial charge is 0.416 e. The molecule has 0 aliphatic heterocycles. The number of rotatable bonds is 2. The van der Waals surface area contributed by atoms with Crippen molar-refractivity contribution in [1.82, 2.24) is 4.98 Å². The van der Waals surface area contributed by atoms with E-state index in [0.29, 0.717) is 5.56 Å². The molecule has 0 amide bonds. The van der Waals surface area contributed by atoms with E-state index in [4.69, 9.17) is 5.73 Å². The Bertz CT molecular complexity index is 564. The van der Waals surface area contributed by atoms with Crippen molar-refractivity contribution in [3.05, 3.63) is 65.2 Å². The summed E-state index contributed by atoms with van der Waals surface area (Å²) in [6.45, 7) is 0. The Hall–Kier alpha value is -1.95. The number of aromatic nitrogens is 1. The second-order valence-electron chi connectivity index (χ2n) is 3.97. The highest BCUT2D eigenvalue weighted by molar-refractivity contribution is 5.31. The molecule has 1 aromatic carbocycles. The SMILES string of the molecule is N[C@@H](c1ccc(C(F)(F)F)cc1)c1ncccc1F. The van der Waals surface area contributed by atoms with Crippen LogP contribution in [0.25, 0.3) is 0 Å². The molecule has 0 bridgehead atoms. The first kappa shape index (κ1) is 13.5. The Kier molecular flexibility index (Phi) is 3.53. The number of pyridine rings is 1. The Balaban J connectivity index is 2.31. The summed E-state index contributed by atoms with van der Waals surface area (Å²) in [7, 11) is 0. The van der Waals surface area contributed by atoms with E-state index in [-0.39, 0.29) is 5.69 Å². The maximum absolute atomic E-state index is 13.5. The first-order chi connectivity index (χ1) is 8.89. The van der Waals surface area contributed by atoms with E-state index in [2.05, 4.69) is 4.98 Å². The maximum atomic E-state index is 13.5. The molecule has 2 aromatic rings. The van der Waals surface area contributed by atoms with Gasteiger partial charge in [-0.15, -0.1) is 0 Å². The van der Waals surface area contributed by atoms with Crippen molar-refractivity contribution in [1.29, 1.82) is 0 Å². The van der Waals surface area contributed by atoms with Gasteiger partial charge in [0.05, 0.1) is 17.3 Å². The van der Waals surface area contributed by atoms with Crippen LogP contribution in [0.2, 0.25) is 0 Å². The van der Waals surface area contributed by atoms with Crippen molar-refractivity contribution in [3.8, 4) is 0 Å². The van der Waals surface area contributed by atoms with Gasteiger partial charge in [0.25, 0.3) is 0 Å². The van der Waals surface area contributed by atoms with Gasteiger partial charge in [0.2, 0.25) is 0 Å². The number of nitrogens with two attached hydrogens (primary N) is 1. The van der Waals surface area contributed by atoms with Crippen molar-refractivity contribution >= 4 is 0 Å². The highest BCUT2D eigenvalue weighted by atomic mass is 19.4. The zero-order valence-electron chi connectivity index (χ0n) is 9.66. The minimum Gasteiger partial charge on any atom is -0.319 e. The summed E-state index contributed by atoms with van der Waals surface area (Å²) in [5.74, 6) is -0.588. The monoisotopic (exact) mass is 270 g/mol. The Labute approximate surface area is 106 Å². The molecule has 0 fully saturated rings. The van der Waals surface area contributed by atoms with Crippen molar-refractivity contribution in [2.24, 2.45) is 5.73 Å². The highest BCUT2D eigenvalue weighted by Crippen LogP contribution is 2.30. The van der Waals surface area contributed by atoms with Gasteiger partial charge < -0.3 is 5.73 Å². The van der Waals surface area contributed by atoms with Crippen LogP contribution in [0.3, 0.4) is 0 Å². The lowest BCUT2D eigenvalue weighted by Gasteiger charge is -2.13. The summed E-state index contributed by atoms with van der Waals surface area (Å²) < 4.78 is 50.7. The van der Waals surface area contributed by atoms with Crippen molar-refractivity contribution in [2.45, 2.75) is 12.2 Å². The molecule has 6 heteroatoms. The number of alkyl halides is 3. The predicted octanol–water partition coefficient (Wildman–Crippen LogP) is 3.29. The van der Waals surface area contributed by atoms with E-state index in [9.17, 15) is 17.6 Å². The molecule has 2 rings (SSSR count). The zero-order valence-corrected chi connectivity index (χ0v) is 9.66. The Morgan fingerprint density at radius 2 is 1.68 bits per heavy atom. The molecule has 0 saturated carbocycles. The summed E-state index contributed by atoms with van der Waals surface area (Å²) in [4.78, 5) is 3.80. The molecule has 19 heavy (non-hydrogen) atoms. The first-order valence-corrected chi connectivity index (χ1v) is 5.43. The van der Waals surface area contributed by atoms with E-state index < -0.39 is 23.6 Å². The van der Waals surface area contributed by atoms with Gasteiger partial charge in [-0.2, -0.15) is 13.2 Å². The van der Waals surface area contributed by atoms with E-state index in [0.717, 1.165) is 12.1 Å². The fourth-order valence-corrected chi connectivity index (χ4v) is 1.66. The van der Waals surface area contributed by atoms with E-state index in [1.54, 1.807) is 0 Å². The van der Waals surface area contributed by atoms with Crippen LogP contribution in [0.4, 0.5) is 17.6 Å². The average Bonchev–Trinajstić information content (AvgIpc) is 2.38. The van der Waals surface area contributed by atoms with Crippen LogP contribution in [0, 0.1) is 5.82 Å². The summed E-state index contributed by atoms with van der Waals surface area (Å²) >= 11 is 0. The average molecular weight is 270 g/mol. The molecule has 1 atom stereocenters. The van der Waals surface area contributed by atoms with Gasteiger partial charge in [-0.1, -0.05) is 12.1 Å². The van der Waals surface area contributed by atoms with Crippen molar-refractivity contribution in [3.63, 3.8) is 0 Å². The topological polar surface area (TPSA) is 38.9 Å². The third-order valence-corrected chi connectivity index (χ3v) is 2.68. The molecule has 0 aliphatic carbocycles. The number of halogens is 4. The number of nitrogens with zero attached hydrogens (tertiary/aromatic N) is 1. The van der Waals surface area contributed by atoms with Crippen LogP contribution in [-0.2, 0) is 6.18 Å². The van der Waals surface area contributed by atoms with E-state index in [1.807, 2.05) is 0 Å². The van der Waals surface area contributed by atoms with E-state index in [1.165, 1.54) is 30.5 Å². The normalized spacial score (nSPS) is 13.3. The molecule has 0 aliphatic rings. The first-order valence-electron chi connectivity index (χ1n) is 5.43. The molecular formula is C13H10F4N2. The van der Waals surface area contributed by atoms with Crippen LogP contribution >= 0.6 is 0 Å². The summed E-state index contributed by atoms with van der Waals surface area (Å²) in [5.41, 5.74) is 5.39. The lowest BCUT2D eigenvalue weighted by molar-refractivity contribution is -0.137. The smallest absolute Gasteiger partial charge is 0.319 e. The van der Waals surface area contributed by atoms with Gasteiger partial charge in [0.15, 0.2) is 0 Å². The number of benzene rings is 1. The molecule has 0 unspecified atom stereocenters. The third-order valence-electron chi connectivity index (χ3n) is 2.68. The summed E-state index contributed by atoms with van der Waals surface area (Å²) in [6.07, 6.45) is -3.03. The third kappa shape index (κ3) is 2.90. The van der Waals surface area contributed by atoms with Crippen LogP contribution in [0.5, 0.6) is 0 Å². The zero-order chi connectivity index (χ0) is 14.0. The molecule has 0 saturated heterocycles. The van der Waals surface area contributed by atoms with Gasteiger partial charge in [-0.25, -0.2) is 4.39 Å². The summed E-state index contributed by atoms with van der Waals surface area (Å²) in [5, 5.41) is 0. The molecule has 1 heterocycles. The standard InChI is InChI=1S/C13H10F4N2/c14-10-2-1-7-19-12(10)11(18)8-3-5-9(6-4-8)13(15,16)17/h1-7,11H,18H2/t11-/m0/s1. The fraction of sp³-hybridized carbons (Fsp3) is 0.154. The number of hydrogen-bond donors (Lipinski definition) is 1. The predicted molar refractivity (Wildman–Crippen MR) is 61.7 cm³/mol. The highest BCUT2D eigenvalue weighted by Gasteiger charge is 2.30. The van der Waals surface area contributed by atoms with Gasteiger partial charge in [0, 0.05) is 6.20 Å².